The molecule has 2 N–H and O–H groups in total. The van der Waals surface area contributed by atoms with Gasteiger partial charge in [-0.1, -0.05) is 0 Å². The van der Waals surface area contributed by atoms with Crippen molar-refractivity contribution >= 4 is 23.0 Å². The van der Waals surface area contributed by atoms with E-state index < -0.39 is 0 Å². The number of benzene rings is 1. The molecule has 0 fully saturated rings. The molecule has 6 heteroatoms. The summed E-state index contributed by atoms with van der Waals surface area (Å²) in [7, 11) is 1.57. The van der Waals surface area contributed by atoms with E-state index in [4.69, 9.17) is 4.74 Å². The lowest BCUT2D eigenvalue weighted by Crippen LogP contribution is -2.12. The molecule has 3 aromatic rings. The highest BCUT2D eigenvalue weighted by Crippen LogP contribution is 2.18. The van der Waals surface area contributed by atoms with Crippen molar-refractivity contribution in [1.29, 1.82) is 0 Å². The fourth-order valence-corrected chi connectivity index (χ4v) is 2.01. The van der Waals surface area contributed by atoms with E-state index in [0.29, 0.717) is 22.5 Å². The predicted octanol–water partition coefficient (Wildman–Crippen LogP) is 2.38. The summed E-state index contributed by atoms with van der Waals surface area (Å²) in [6.45, 7) is 0. The molecule has 110 valence electrons. The number of aromatic amines is 1. The minimum atomic E-state index is -0.388. The number of H-pyrrole nitrogens is 1. The topological polar surface area (TPSA) is 88.1 Å². The van der Waals surface area contributed by atoms with Crippen LogP contribution < -0.4 is 10.3 Å². The first kappa shape index (κ1) is 13.8. The van der Waals surface area contributed by atoms with Crippen molar-refractivity contribution in [3.8, 4) is 5.75 Å². The highest BCUT2D eigenvalue weighted by molar-refractivity contribution is 5.77. The summed E-state index contributed by atoms with van der Waals surface area (Å²) in [5.74, 6) is 0.623. The molecular formula is C16H13N3O3. The van der Waals surface area contributed by atoms with Crippen molar-refractivity contribution in [2.75, 3.05) is 7.11 Å². The van der Waals surface area contributed by atoms with Gasteiger partial charge in [0.15, 0.2) is 5.65 Å². The van der Waals surface area contributed by atoms with Gasteiger partial charge < -0.3 is 14.8 Å². The molecule has 0 unspecified atom stereocenters. The molecule has 3 rings (SSSR count). The van der Waals surface area contributed by atoms with Crippen LogP contribution in [0.3, 0.4) is 0 Å². The van der Waals surface area contributed by atoms with Crippen LogP contribution in [0.4, 0.5) is 0 Å². The van der Waals surface area contributed by atoms with Crippen LogP contribution in [-0.2, 0) is 0 Å². The van der Waals surface area contributed by atoms with Gasteiger partial charge >= 0.3 is 0 Å². The van der Waals surface area contributed by atoms with E-state index in [0.717, 1.165) is 0 Å². The molecule has 0 aliphatic heterocycles. The maximum absolute atomic E-state index is 12.0. The Morgan fingerprint density at radius 2 is 2.05 bits per heavy atom. The summed E-state index contributed by atoms with van der Waals surface area (Å²) in [6, 6.07) is 10.3. The van der Waals surface area contributed by atoms with Gasteiger partial charge in [-0.05, 0) is 36.4 Å². The first-order chi connectivity index (χ1) is 10.7. The monoisotopic (exact) mass is 295 g/mol. The number of rotatable bonds is 3. The largest absolute Gasteiger partial charge is 0.507 e. The molecular weight excluding hydrogens is 282 g/mol. The number of aromatic nitrogens is 3. The Kier molecular flexibility index (Phi) is 3.57. The van der Waals surface area contributed by atoms with E-state index >= 15 is 0 Å². The number of nitrogens with zero attached hydrogens (tertiary/aromatic N) is 2. The summed E-state index contributed by atoms with van der Waals surface area (Å²) >= 11 is 0. The molecule has 2 aromatic heterocycles. The second-order valence-electron chi connectivity index (χ2n) is 4.58. The molecule has 0 aliphatic carbocycles. The SMILES string of the molecule is COc1ccc(/C(O)=C/c2nc3ncccc3[nH]c2=O)cc1. The zero-order valence-corrected chi connectivity index (χ0v) is 11.8. The van der Waals surface area contributed by atoms with Gasteiger partial charge in [-0.2, -0.15) is 0 Å². The van der Waals surface area contributed by atoms with Crippen molar-refractivity contribution in [1.82, 2.24) is 15.0 Å². The van der Waals surface area contributed by atoms with Crippen molar-refractivity contribution < 1.29 is 9.84 Å². The van der Waals surface area contributed by atoms with Gasteiger partial charge in [-0.3, -0.25) is 4.79 Å². The van der Waals surface area contributed by atoms with E-state index in [-0.39, 0.29) is 17.0 Å². The van der Waals surface area contributed by atoms with Crippen molar-refractivity contribution in [2.45, 2.75) is 0 Å². The molecule has 0 radical (unpaired) electrons. The van der Waals surface area contributed by atoms with Gasteiger partial charge in [-0.15, -0.1) is 0 Å². The minimum Gasteiger partial charge on any atom is -0.507 e. The molecule has 0 aliphatic rings. The molecule has 0 bridgehead atoms. The van der Waals surface area contributed by atoms with Crippen molar-refractivity contribution in [3.05, 3.63) is 64.2 Å². The quantitative estimate of drug-likeness (QED) is 0.724. The van der Waals surface area contributed by atoms with Gasteiger partial charge in [0.1, 0.15) is 17.2 Å². The van der Waals surface area contributed by atoms with Crippen LogP contribution in [0.2, 0.25) is 0 Å². The molecule has 2 heterocycles. The minimum absolute atomic E-state index is 0.0593. The van der Waals surface area contributed by atoms with Crippen molar-refractivity contribution in [2.24, 2.45) is 0 Å². The Bertz CT molecular complexity index is 898. The van der Waals surface area contributed by atoms with Crippen LogP contribution >= 0.6 is 0 Å². The third-order valence-electron chi connectivity index (χ3n) is 3.15. The molecule has 1 aromatic carbocycles. The summed E-state index contributed by atoms with van der Waals surface area (Å²) in [5.41, 5.74) is 1.23. The van der Waals surface area contributed by atoms with E-state index in [1.165, 1.54) is 6.08 Å². The zero-order valence-electron chi connectivity index (χ0n) is 11.8. The Labute approximate surface area is 125 Å². The highest BCUT2D eigenvalue weighted by atomic mass is 16.5. The second-order valence-corrected chi connectivity index (χ2v) is 4.58. The number of aliphatic hydroxyl groups excluding tert-OH is 1. The third kappa shape index (κ3) is 2.67. The molecule has 6 nitrogen and oxygen atoms in total. The Balaban J connectivity index is 2.02. The zero-order chi connectivity index (χ0) is 15.5. The summed E-state index contributed by atoms with van der Waals surface area (Å²) in [5, 5.41) is 10.1. The molecule has 0 spiro atoms. The van der Waals surface area contributed by atoms with Crippen LogP contribution in [0.25, 0.3) is 23.0 Å². The lowest BCUT2D eigenvalue weighted by molar-refractivity contribution is 0.414. The number of methoxy groups -OCH3 is 1. The van der Waals surface area contributed by atoms with E-state index in [2.05, 4.69) is 15.0 Å². The van der Waals surface area contributed by atoms with Crippen LogP contribution in [0, 0.1) is 0 Å². The summed E-state index contributed by atoms with van der Waals surface area (Å²) in [6.07, 6.45) is 2.90. The van der Waals surface area contributed by atoms with Crippen LogP contribution in [0.15, 0.2) is 47.4 Å². The van der Waals surface area contributed by atoms with E-state index in [9.17, 15) is 9.90 Å². The average Bonchev–Trinajstić information content (AvgIpc) is 2.55. The molecule has 0 atom stereocenters. The van der Waals surface area contributed by atoms with Crippen LogP contribution in [0.5, 0.6) is 5.75 Å². The van der Waals surface area contributed by atoms with E-state index in [1.54, 1.807) is 49.7 Å². The molecule has 0 amide bonds. The third-order valence-corrected chi connectivity index (χ3v) is 3.15. The second kappa shape index (κ2) is 5.69. The first-order valence-electron chi connectivity index (χ1n) is 6.57. The van der Waals surface area contributed by atoms with Gasteiger partial charge in [-0.25, -0.2) is 9.97 Å². The van der Waals surface area contributed by atoms with E-state index in [1.807, 2.05) is 0 Å². The smallest absolute Gasteiger partial charge is 0.274 e. The van der Waals surface area contributed by atoms with Gasteiger partial charge in [0.05, 0.1) is 12.6 Å². The van der Waals surface area contributed by atoms with Gasteiger partial charge in [0.25, 0.3) is 5.56 Å². The number of ether oxygens (including phenoxy) is 1. The van der Waals surface area contributed by atoms with Crippen LogP contribution in [-0.4, -0.2) is 27.2 Å². The predicted molar refractivity (Wildman–Crippen MR) is 83.7 cm³/mol. The average molecular weight is 295 g/mol. The Morgan fingerprint density at radius 1 is 1.27 bits per heavy atom. The van der Waals surface area contributed by atoms with Crippen LogP contribution in [0.1, 0.15) is 11.3 Å². The maximum Gasteiger partial charge on any atom is 0.274 e. The van der Waals surface area contributed by atoms with Gasteiger partial charge in [0.2, 0.25) is 0 Å². The summed E-state index contributed by atoms with van der Waals surface area (Å²) < 4.78 is 5.06. The fraction of sp³-hybridized carbons (Fsp3) is 0.0625. The molecule has 22 heavy (non-hydrogen) atoms. The Morgan fingerprint density at radius 3 is 2.77 bits per heavy atom. The normalized spacial score (nSPS) is 11.6. The number of hydrogen-bond donors (Lipinski definition) is 2. The standard InChI is InChI=1S/C16H13N3O3/c1-22-11-6-4-10(5-7-11)14(20)9-13-16(21)19-12-3-2-8-17-15(12)18-13/h2-9,20H,1H3,(H,19,21)/b14-9-. The lowest BCUT2D eigenvalue weighted by atomic mass is 10.1. The lowest BCUT2D eigenvalue weighted by Gasteiger charge is -2.03. The number of aliphatic hydroxyl groups is 1. The van der Waals surface area contributed by atoms with Crippen molar-refractivity contribution in [3.63, 3.8) is 0 Å². The number of nitrogens with one attached hydrogen (secondary N) is 1. The Hall–Kier alpha value is -3.15. The summed E-state index contributed by atoms with van der Waals surface area (Å²) in [4.78, 5) is 22.9. The molecule has 0 saturated heterocycles. The van der Waals surface area contributed by atoms with Gasteiger partial charge in [0, 0.05) is 17.8 Å². The fourth-order valence-electron chi connectivity index (χ4n) is 2.01. The number of fused-ring (bicyclic) bond motifs is 1. The first-order valence-corrected chi connectivity index (χ1v) is 6.57. The number of pyridine rings is 1. The number of hydrogen-bond acceptors (Lipinski definition) is 5. The molecule has 0 saturated carbocycles. The maximum atomic E-state index is 12.0. The highest BCUT2D eigenvalue weighted by Gasteiger charge is 2.06.